The van der Waals surface area contributed by atoms with Crippen molar-refractivity contribution in [2.24, 2.45) is 0 Å². The van der Waals surface area contributed by atoms with Crippen LogP contribution >= 0.6 is 23.2 Å². The molecule has 0 fully saturated rings. The van der Waals surface area contributed by atoms with Gasteiger partial charge in [-0.3, -0.25) is 4.72 Å². The lowest BCUT2D eigenvalue weighted by Gasteiger charge is -2.21. The second-order valence-corrected chi connectivity index (χ2v) is 9.05. The molecular weight excluding hydrogens is 353 g/mol. The zero-order valence-electron chi connectivity index (χ0n) is 13.4. The number of hydrogen-bond acceptors (Lipinski definition) is 2. The van der Waals surface area contributed by atoms with Gasteiger partial charge in [0.2, 0.25) is 0 Å². The normalized spacial score (nSPS) is 12.3. The van der Waals surface area contributed by atoms with Crippen LogP contribution in [-0.4, -0.2) is 8.42 Å². The van der Waals surface area contributed by atoms with Gasteiger partial charge >= 0.3 is 0 Å². The Kier molecular flexibility index (Phi) is 5.00. The van der Waals surface area contributed by atoms with Crippen molar-refractivity contribution in [3.05, 3.63) is 57.6 Å². The predicted octanol–water partition coefficient (Wildman–Crippen LogP) is 5.40. The van der Waals surface area contributed by atoms with Crippen LogP contribution < -0.4 is 4.72 Å². The molecule has 0 unspecified atom stereocenters. The summed E-state index contributed by atoms with van der Waals surface area (Å²) in [5, 5.41) is 0.551. The van der Waals surface area contributed by atoms with E-state index in [2.05, 4.69) is 25.5 Å². The predicted molar refractivity (Wildman–Crippen MR) is 97.1 cm³/mol. The van der Waals surface area contributed by atoms with Crippen LogP contribution in [0.4, 0.5) is 5.69 Å². The number of benzene rings is 2. The van der Waals surface area contributed by atoms with E-state index < -0.39 is 10.0 Å². The van der Waals surface area contributed by atoms with Gasteiger partial charge in [-0.15, -0.1) is 0 Å². The van der Waals surface area contributed by atoms with Gasteiger partial charge in [0.1, 0.15) is 0 Å². The second kappa shape index (κ2) is 6.34. The Morgan fingerprint density at radius 1 is 0.957 bits per heavy atom. The molecule has 2 rings (SSSR count). The van der Waals surface area contributed by atoms with Crippen molar-refractivity contribution in [3.8, 4) is 0 Å². The SMILES string of the molecule is Cc1cc(C(C)(C)C)ccc1NS(=O)(=O)c1cc(Cl)cc(Cl)c1. The largest absolute Gasteiger partial charge is 0.279 e. The standard InChI is InChI=1S/C17H19Cl2NO2S/c1-11-7-12(17(2,3)4)5-6-16(11)20-23(21,22)15-9-13(18)8-14(19)10-15/h5-10,20H,1-4H3. The minimum Gasteiger partial charge on any atom is -0.279 e. The highest BCUT2D eigenvalue weighted by Crippen LogP contribution is 2.29. The van der Waals surface area contributed by atoms with Gasteiger partial charge in [-0.25, -0.2) is 8.42 Å². The summed E-state index contributed by atoms with van der Waals surface area (Å²) < 4.78 is 27.6. The van der Waals surface area contributed by atoms with E-state index in [1.54, 1.807) is 6.07 Å². The van der Waals surface area contributed by atoms with E-state index in [4.69, 9.17) is 23.2 Å². The fourth-order valence-corrected chi connectivity index (χ4v) is 3.99. The highest BCUT2D eigenvalue weighted by molar-refractivity contribution is 7.92. The molecule has 0 aliphatic heterocycles. The van der Waals surface area contributed by atoms with Crippen LogP contribution in [0.25, 0.3) is 0 Å². The summed E-state index contributed by atoms with van der Waals surface area (Å²) in [6.45, 7) is 8.21. The molecule has 0 bridgehead atoms. The van der Waals surface area contributed by atoms with Crippen molar-refractivity contribution in [2.75, 3.05) is 4.72 Å². The number of nitrogens with one attached hydrogen (secondary N) is 1. The van der Waals surface area contributed by atoms with E-state index >= 15 is 0 Å². The van der Waals surface area contributed by atoms with Gasteiger partial charge in [-0.05, 0) is 47.7 Å². The molecule has 0 heterocycles. The number of sulfonamides is 1. The molecule has 23 heavy (non-hydrogen) atoms. The topological polar surface area (TPSA) is 46.2 Å². The lowest BCUT2D eigenvalue weighted by molar-refractivity contribution is 0.590. The lowest BCUT2D eigenvalue weighted by Crippen LogP contribution is -2.15. The van der Waals surface area contributed by atoms with Crippen LogP contribution in [-0.2, 0) is 15.4 Å². The minimum absolute atomic E-state index is 0.00262. The van der Waals surface area contributed by atoms with Crippen LogP contribution in [0.3, 0.4) is 0 Å². The monoisotopic (exact) mass is 371 g/mol. The summed E-state index contributed by atoms with van der Waals surface area (Å²) in [5.41, 5.74) is 2.54. The average molecular weight is 372 g/mol. The van der Waals surface area contributed by atoms with Gasteiger partial charge in [-0.2, -0.15) is 0 Å². The zero-order chi connectivity index (χ0) is 17.4. The maximum atomic E-state index is 12.5. The first-order chi connectivity index (χ1) is 10.5. The molecule has 124 valence electrons. The first-order valence-corrected chi connectivity index (χ1v) is 9.33. The Hall–Kier alpha value is -1.23. The molecule has 1 N–H and O–H groups in total. The molecule has 0 amide bonds. The first kappa shape index (κ1) is 18.1. The molecule has 0 radical (unpaired) electrons. The summed E-state index contributed by atoms with van der Waals surface area (Å²) in [6.07, 6.45) is 0. The van der Waals surface area contributed by atoms with Crippen LogP contribution in [0, 0.1) is 6.92 Å². The summed E-state index contributed by atoms with van der Waals surface area (Å²) in [5.74, 6) is 0. The summed E-state index contributed by atoms with van der Waals surface area (Å²) in [4.78, 5) is 0.0364. The van der Waals surface area contributed by atoms with Crippen LogP contribution in [0.2, 0.25) is 10.0 Å². The smallest absolute Gasteiger partial charge is 0.262 e. The van der Waals surface area contributed by atoms with Crippen molar-refractivity contribution in [1.29, 1.82) is 0 Å². The zero-order valence-corrected chi connectivity index (χ0v) is 15.8. The third-order valence-corrected chi connectivity index (χ3v) is 5.26. The molecule has 0 aliphatic rings. The quantitative estimate of drug-likeness (QED) is 0.784. The number of halogens is 2. The van der Waals surface area contributed by atoms with Gasteiger partial charge in [0.05, 0.1) is 10.6 Å². The Morgan fingerprint density at radius 3 is 2.00 bits per heavy atom. The van der Waals surface area contributed by atoms with Crippen LogP contribution in [0.15, 0.2) is 41.3 Å². The number of aryl methyl sites for hydroxylation is 1. The van der Waals surface area contributed by atoms with Crippen molar-refractivity contribution in [2.45, 2.75) is 38.0 Å². The molecule has 0 atom stereocenters. The highest BCUT2D eigenvalue weighted by atomic mass is 35.5. The van der Waals surface area contributed by atoms with Crippen LogP contribution in [0.1, 0.15) is 31.9 Å². The molecule has 0 aliphatic carbocycles. The minimum atomic E-state index is -3.75. The van der Waals surface area contributed by atoms with Gasteiger partial charge < -0.3 is 0 Å². The summed E-state index contributed by atoms with van der Waals surface area (Å²) in [7, 11) is -3.75. The maximum absolute atomic E-state index is 12.5. The van der Waals surface area contributed by atoms with Crippen molar-refractivity contribution < 1.29 is 8.42 Å². The average Bonchev–Trinajstić information content (AvgIpc) is 2.38. The number of anilines is 1. The van der Waals surface area contributed by atoms with E-state index in [0.29, 0.717) is 5.69 Å². The molecule has 0 saturated heterocycles. The van der Waals surface area contributed by atoms with Gasteiger partial charge in [-0.1, -0.05) is 56.1 Å². The van der Waals surface area contributed by atoms with Gasteiger partial charge in [0.25, 0.3) is 10.0 Å². The Bertz CT molecular complexity index is 820. The van der Waals surface area contributed by atoms with E-state index in [1.165, 1.54) is 18.2 Å². The third-order valence-electron chi connectivity index (χ3n) is 3.48. The molecule has 6 heteroatoms. The molecule has 0 saturated carbocycles. The molecule has 0 spiro atoms. The van der Waals surface area contributed by atoms with Crippen molar-refractivity contribution in [1.82, 2.24) is 0 Å². The number of hydrogen-bond donors (Lipinski definition) is 1. The van der Waals surface area contributed by atoms with Gasteiger partial charge in [0, 0.05) is 10.0 Å². The number of rotatable bonds is 3. The molecule has 3 nitrogen and oxygen atoms in total. The van der Waals surface area contributed by atoms with Gasteiger partial charge in [0.15, 0.2) is 0 Å². The van der Waals surface area contributed by atoms with E-state index in [9.17, 15) is 8.42 Å². The maximum Gasteiger partial charge on any atom is 0.262 e. The highest BCUT2D eigenvalue weighted by Gasteiger charge is 2.19. The second-order valence-electron chi connectivity index (χ2n) is 6.49. The summed E-state index contributed by atoms with van der Waals surface area (Å²) in [6, 6.07) is 9.92. The Morgan fingerprint density at radius 2 is 1.52 bits per heavy atom. The summed E-state index contributed by atoms with van der Waals surface area (Å²) >= 11 is 11.8. The lowest BCUT2D eigenvalue weighted by atomic mass is 9.86. The van der Waals surface area contributed by atoms with E-state index in [-0.39, 0.29) is 20.4 Å². The van der Waals surface area contributed by atoms with E-state index in [1.807, 2.05) is 19.1 Å². The van der Waals surface area contributed by atoms with Crippen molar-refractivity contribution >= 4 is 38.9 Å². The molecule has 2 aromatic rings. The van der Waals surface area contributed by atoms with Crippen LogP contribution in [0.5, 0.6) is 0 Å². The Labute approximate surface area is 147 Å². The molecular formula is C17H19Cl2NO2S. The fourth-order valence-electron chi connectivity index (χ4n) is 2.13. The first-order valence-electron chi connectivity index (χ1n) is 7.09. The third kappa shape index (κ3) is 4.40. The van der Waals surface area contributed by atoms with E-state index in [0.717, 1.165) is 11.1 Å². The Balaban J connectivity index is 2.38. The molecule has 2 aromatic carbocycles. The van der Waals surface area contributed by atoms with Crippen molar-refractivity contribution in [3.63, 3.8) is 0 Å². The fraction of sp³-hybridized carbons (Fsp3) is 0.294. The molecule has 0 aromatic heterocycles.